The molecule has 158 valence electrons. The molecular formula is C24H28N2O4. The maximum Gasteiger partial charge on any atom is 0.226 e. The lowest BCUT2D eigenvalue weighted by Crippen LogP contribution is -2.28. The van der Waals surface area contributed by atoms with E-state index in [0.717, 1.165) is 11.1 Å². The van der Waals surface area contributed by atoms with Crippen molar-refractivity contribution in [2.75, 3.05) is 7.11 Å². The summed E-state index contributed by atoms with van der Waals surface area (Å²) in [5, 5.41) is 3.02. The number of oxazole rings is 1. The summed E-state index contributed by atoms with van der Waals surface area (Å²) in [5.41, 5.74) is 2.45. The Morgan fingerprint density at radius 3 is 2.50 bits per heavy atom. The Kier molecular flexibility index (Phi) is 6.77. The van der Waals surface area contributed by atoms with E-state index in [1.54, 1.807) is 7.11 Å². The number of rotatable bonds is 8. The number of aryl methyl sites for hydroxylation is 1. The lowest BCUT2D eigenvalue weighted by molar-refractivity contribution is -0.121. The van der Waals surface area contributed by atoms with Gasteiger partial charge in [0.1, 0.15) is 5.76 Å². The summed E-state index contributed by atoms with van der Waals surface area (Å²) in [6, 6.07) is 15.1. The molecule has 0 aliphatic rings. The van der Waals surface area contributed by atoms with Crippen molar-refractivity contribution in [1.82, 2.24) is 10.3 Å². The fourth-order valence-electron chi connectivity index (χ4n) is 3.13. The molecule has 0 spiro atoms. The van der Waals surface area contributed by atoms with Gasteiger partial charge in [-0.15, -0.1) is 0 Å². The van der Waals surface area contributed by atoms with Crippen LogP contribution in [0.4, 0.5) is 0 Å². The van der Waals surface area contributed by atoms with Crippen LogP contribution in [0.3, 0.4) is 0 Å². The number of nitrogens with zero attached hydrogens (tertiary/aromatic N) is 1. The quantitative estimate of drug-likeness (QED) is 0.576. The molecule has 3 aromatic rings. The Bertz CT molecular complexity index is 996. The molecule has 1 aromatic heterocycles. The van der Waals surface area contributed by atoms with Crippen molar-refractivity contribution in [1.29, 1.82) is 0 Å². The SMILES string of the molecule is COc1cc(C(C)NC(=O)Cc2nc(-c3ccccc3)oc2C)ccc1OC(C)C. The number of amides is 1. The van der Waals surface area contributed by atoms with Gasteiger partial charge in [0.15, 0.2) is 11.5 Å². The second kappa shape index (κ2) is 9.48. The highest BCUT2D eigenvalue weighted by Crippen LogP contribution is 2.31. The van der Waals surface area contributed by atoms with Gasteiger partial charge in [-0.05, 0) is 57.5 Å². The van der Waals surface area contributed by atoms with Gasteiger partial charge in [0, 0.05) is 5.56 Å². The van der Waals surface area contributed by atoms with Crippen LogP contribution in [0.15, 0.2) is 52.9 Å². The fraction of sp³-hybridized carbons (Fsp3) is 0.333. The van der Waals surface area contributed by atoms with Crippen molar-refractivity contribution in [3.8, 4) is 23.0 Å². The predicted octanol–water partition coefficient (Wildman–Crippen LogP) is 4.87. The molecule has 6 nitrogen and oxygen atoms in total. The molecule has 2 aromatic carbocycles. The molecule has 1 heterocycles. The molecule has 0 saturated carbocycles. The van der Waals surface area contributed by atoms with E-state index < -0.39 is 0 Å². The molecule has 1 amide bonds. The monoisotopic (exact) mass is 408 g/mol. The number of ether oxygens (including phenoxy) is 2. The van der Waals surface area contributed by atoms with Gasteiger partial charge < -0.3 is 19.2 Å². The van der Waals surface area contributed by atoms with Crippen molar-refractivity contribution >= 4 is 5.91 Å². The van der Waals surface area contributed by atoms with Gasteiger partial charge in [-0.25, -0.2) is 4.98 Å². The fourth-order valence-corrected chi connectivity index (χ4v) is 3.13. The van der Waals surface area contributed by atoms with E-state index in [-0.39, 0.29) is 24.5 Å². The highest BCUT2D eigenvalue weighted by atomic mass is 16.5. The standard InChI is InChI=1S/C24H28N2O4/c1-15(2)29-21-12-11-19(13-22(21)28-5)16(3)25-23(27)14-20-17(4)30-24(26-20)18-9-7-6-8-10-18/h6-13,15-16H,14H2,1-5H3,(H,25,27). The first-order chi connectivity index (χ1) is 14.4. The Morgan fingerprint density at radius 1 is 1.10 bits per heavy atom. The smallest absolute Gasteiger partial charge is 0.226 e. The zero-order valence-electron chi connectivity index (χ0n) is 18.1. The highest BCUT2D eigenvalue weighted by Gasteiger charge is 2.17. The van der Waals surface area contributed by atoms with E-state index >= 15 is 0 Å². The van der Waals surface area contributed by atoms with E-state index in [0.29, 0.717) is 28.8 Å². The molecule has 6 heteroatoms. The van der Waals surface area contributed by atoms with Crippen LogP contribution in [0.2, 0.25) is 0 Å². The minimum absolute atomic E-state index is 0.0494. The summed E-state index contributed by atoms with van der Waals surface area (Å²) < 4.78 is 16.9. The molecule has 1 atom stereocenters. The Hall–Kier alpha value is -3.28. The third kappa shape index (κ3) is 5.20. The molecular weight excluding hydrogens is 380 g/mol. The number of carbonyl (C=O) groups is 1. The topological polar surface area (TPSA) is 73.6 Å². The molecule has 30 heavy (non-hydrogen) atoms. The van der Waals surface area contributed by atoms with Gasteiger partial charge in [0.05, 0.1) is 31.4 Å². The Labute approximate surface area is 177 Å². The maximum atomic E-state index is 12.6. The molecule has 1 N–H and O–H groups in total. The average Bonchev–Trinajstić information content (AvgIpc) is 3.08. The van der Waals surface area contributed by atoms with Crippen LogP contribution in [0, 0.1) is 6.92 Å². The highest BCUT2D eigenvalue weighted by molar-refractivity contribution is 5.79. The summed E-state index contributed by atoms with van der Waals surface area (Å²) in [6.45, 7) is 7.68. The van der Waals surface area contributed by atoms with E-state index in [2.05, 4.69) is 10.3 Å². The maximum absolute atomic E-state index is 12.6. The van der Waals surface area contributed by atoms with Crippen LogP contribution in [0.5, 0.6) is 11.5 Å². The summed E-state index contributed by atoms with van der Waals surface area (Å²) in [7, 11) is 1.60. The molecule has 0 saturated heterocycles. The molecule has 3 rings (SSSR count). The predicted molar refractivity (Wildman–Crippen MR) is 116 cm³/mol. The first kappa shape index (κ1) is 21.4. The first-order valence-electron chi connectivity index (χ1n) is 10.0. The Balaban J connectivity index is 1.67. The zero-order valence-corrected chi connectivity index (χ0v) is 18.1. The second-order valence-electron chi connectivity index (χ2n) is 7.43. The van der Waals surface area contributed by atoms with Gasteiger partial charge in [-0.3, -0.25) is 4.79 Å². The van der Waals surface area contributed by atoms with Crippen LogP contribution in [0.1, 0.15) is 43.8 Å². The van der Waals surface area contributed by atoms with Gasteiger partial charge in [0.25, 0.3) is 0 Å². The number of benzene rings is 2. The van der Waals surface area contributed by atoms with Crippen molar-refractivity contribution in [2.45, 2.75) is 46.3 Å². The summed E-state index contributed by atoms with van der Waals surface area (Å²) in [4.78, 5) is 17.1. The molecule has 0 aliphatic carbocycles. The van der Waals surface area contributed by atoms with E-state index in [1.807, 2.05) is 76.2 Å². The number of methoxy groups -OCH3 is 1. The first-order valence-corrected chi connectivity index (χ1v) is 10.0. The molecule has 0 radical (unpaired) electrons. The van der Waals surface area contributed by atoms with E-state index in [1.165, 1.54) is 0 Å². The second-order valence-corrected chi connectivity index (χ2v) is 7.43. The molecule has 0 aliphatic heterocycles. The molecule has 0 bridgehead atoms. The molecule has 1 unspecified atom stereocenters. The van der Waals surface area contributed by atoms with Gasteiger partial charge in [-0.1, -0.05) is 24.3 Å². The summed E-state index contributed by atoms with van der Waals surface area (Å²) >= 11 is 0. The van der Waals surface area contributed by atoms with Crippen molar-refractivity contribution in [2.24, 2.45) is 0 Å². The number of hydrogen-bond acceptors (Lipinski definition) is 5. The molecule has 0 fully saturated rings. The third-order valence-corrected chi connectivity index (χ3v) is 4.67. The van der Waals surface area contributed by atoms with Crippen molar-refractivity contribution < 1.29 is 18.7 Å². The zero-order chi connectivity index (χ0) is 21.7. The van der Waals surface area contributed by atoms with Crippen LogP contribution in [-0.4, -0.2) is 24.1 Å². The van der Waals surface area contributed by atoms with Crippen LogP contribution < -0.4 is 14.8 Å². The minimum Gasteiger partial charge on any atom is -0.493 e. The van der Waals surface area contributed by atoms with Gasteiger partial charge >= 0.3 is 0 Å². The number of nitrogens with one attached hydrogen (secondary N) is 1. The summed E-state index contributed by atoms with van der Waals surface area (Å²) in [6.07, 6.45) is 0.200. The van der Waals surface area contributed by atoms with E-state index in [4.69, 9.17) is 13.9 Å². The normalized spacial score (nSPS) is 11.9. The van der Waals surface area contributed by atoms with Crippen LogP contribution >= 0.6 is 0 Å². The minimum atomic E-state index is -0.194. The van der Waals surface area contributed by atoms with Crippen LogP contribution in [0.25, 0.3) is 11.5 Å². The van der Waals surface area contributed by atoms with Gasteiger partial charge in [-0.2, -0.15) is 0 Å². The average molecular weight is 408 g/mol. The lowest BCUT2D eigenvalue weighted by Gasteiger charge is -2.18. The lowest BCUT2D eigenvalue weighted by atomic mass is 10.1. The third-order valence-electron chi connectivity index (χ3n) is 4.67. The summed E-state index contributed by atoms with van der Waals surface area (Å²) in [5.74, 6) is 2.37. The van der Waals surface area contributed by atoms with E-state index in [9.17, 15) is 4.79 Å². The number of carbonyl (C=O) groups excluding carboxylic acids is 1. The van der Waals surface area contributed by atoms with Crippen molar-refractivity contribution in [3.05, 3.63) is 65.5 Å². The number of hydrogen-bond donors (Lipinski definition) is 1. The van der Waals surface area contributed by atoms with Crippen molar-refractivity contribution in [3.63, 3.8) is 0 Å². The Morgan fingerprint density at radius 2 is 1.83 bits per heavy atom. The number of aromatic nitrogens is 1. The van der Waals surface area contributed by atoms with Crippen LogP contribution in [-0.2, 0) is 11.2 Å². The van der Waals surface area contributed by atoms with Gasteiger partial charge in [0.2, 0.25) is 11.8 Å². The largest absolute Gasteiger partial charge is 0.493 e.